The average molecular weight is 253 g/mol. The molecule has 0 saturated carbocycles. The van der Waals surface area contributed by atoms with Crippen LogP contribution in [0.2, 0.25) is 0 Å². The summed E-state index contributed by atoms with van der Waals surface area (Å²) in [7, 11) is -3.39. The van der Waals surface area contributed by atoms with Crippen LogP contribution in [0.4, 0.5) is 0 Å². The largest absolute Gasteiger partial charge is 0.750 e. The fourth-order valence-corrected chi connectivity index (χ4v) is 1.40. The SMILES string of the molecule is CCCC(C(=O)O)(C(=O)O)C(=O)O[P+](=O)O. The van der Waals surface area contributed by atoms with Crippen molar-refractivity contribution in [2.24, 2.45) is 5.41 Å². The lowest BCUT2D eigenvalue weighted by Crippen LogP contribution is -2.46. The highest BCUT2D eigenvalue weighted by Gasteiger charge is 2.57. The van der Waals surface area contributed by atoms with Crippen LogP contribution < -0.4 is 0 Å². The third-order valence-corrected chi connectivity index (χ3v) is 2.19. The van der Waals surface area contributed by atoms with Gasteiger partial charge in [0.1, 0.15) is 0 Å². The van der Waals surface area contributed by atoms with Crippen LogP contribution in [0.15, 0.2) is 0 Å². The Kier molecular flexibility index (Phi) is 5.00. The Balaban J connectivity index is 5.34. The second kappa shape index (κ2) is 5.53. The van der Waals surface area contributed by atoms with E-state index in [1.54, 1.807) is 0 Å². The summed E-state index contributed by atoms with van der Waals surface area (Å²) in [5.74, 6) is -5.61. The van der Waals surface area contributed by atoms with Crippen LogP contribution in [0, 0.1) is 5.41 Å². The number of carboxylic acid groups (broad SMARTS) is 2. The van der Waals surface area contributed by atoms with E-state index in [1.165, 1.54) is 6.92 Å². The molecule has 16 heavy (non-hydrogen) atoms. The van der Waals surface area contributed by atoms with E-state index in [0.717, 1.165) is 0 Å². The van der Waals surface area contributed by atoms with Gasteiger partial charge in [0.15, 0.2) is 0 Å². The molecule has 0 aromatic heterocycles. The van der Waals surface area contributed by atoms with Crippen molar-refractivity contribution in [1.82, 2.24) is 0 Å². The Morgan fingerprint density at radius 3 is 1.94 bits per heavy atom. The van der Waals surface area contributed by atoms with Crippen molar-refractivity contribution in [3.05, 3.63) is 0 Å². The molecule has 0 aromatic rings. The van der Waals surface area contributed by atoms with Crippen molar-refractivity contribution >= 4 is 26.2 Å². The van der Waals surface area contributed by atoms with E-state index < -0.39 is 38.0 Å². The number of hydrogen-bond acceptors (Lipinski definition) is 5. The van der Waals surface area contributed by atoms with E-state index in [9.17, 15) is 18.9 Å². The molecule has 1 unspecified atom stereocenters. The Bertz CT molecular complexity index is 321. The van der Waals surface area contributed by atoms with Gasteiger partial charge in [0, 0.05) is 4.57 Å². The van der Waals surface area contributed by atoms with Gasteiger partial charge >= 0.3 is 26.2 Å². The highest BCUT2D eigenvalue weighted by molar-refractivity contribution is 7.32. The number of carbonyl (C=O) groups is 3. The van der Waals surface area contributed by atoms with E-state index >= 15 is 0 Å². The molecular formula is C7H10O8P+. The first-order valence-electron chi connectivity index (χ1n) is 4.14. The summed E-state index contributed by atoms with van der Waals surface area (Å²) in [6, 6.07) is 0. The first-order valence-corrected chi connectivity index (χ1v) is 5.27. The Morgan fingerprint density at radius 1 is 1.25 bits per heavy atom. The molecule has 0 bridgehead atoms. The molecule has 0 saturated heterocycles. The second-order valence-electron chi connectivity index (χ2n) is 2.88. The Labute approximate surface area is 90.8 Å². The highest BCUT2D eigenvalue weighted by Crippen LogP contribution is 2.31. The molecule has 0 rings (SSSR count). The zero-order chi connectivity index (χ0) is 12.9. The van der Waals surface area contributed by atoms with Crippen molar-refractivity contribution in [3.63, 3.8) is 0 Å². The molecule has 8 nitrogen and oxygen atoms in total. The first-order chi connectivity index (χ1) is 7.28. The molecule has 90 valence electrons. The maximum absolute atomic E-state index is 11.2. The van der Waals surface area contributed by atoms with Crippen LogP contribution in [-0.2, 0) is 23.5 Å². The third kappa shape index (κ3) is 2.74. The average Bonchev–Trinajstić information content (AvgIpc) is 2.11. The zero-order valence-electron chi connectivity index (χ0n) is 8.24. The van der Waals surface area contributed by atoms with Crippen molar-refractivity contribution < 1.29 is 38.6 Å². The minimum absolute atomic E-state index is 0.0793. The number of hydrogen-bond donors (Lipinski definition) is 3. The summed E-state index contributed by atoms with van der Waals surface area (Å²) < 4.78 is 14.0. The maximum atomic E-state index is 11.2. The molecule has 0 aliphatic rings. The molecule has 0 amide bonds. The molecule has 0 aromatic carbocycles. The van der Waals surface area contributed by atoms with Gasteiger partial charge in [-0.2, -0.15) is 4.52 Å². The molecule has 0 fully saturated rings. The zero-order valence-corrected chi connectivity index (χ0v) is 9.14. The number of aliphatic carboxylic acids is 2. The molecule has 0 aliphatic heterocycles. The van der Waals surface area contributed by atoms with Gasteiger partial charge in [-0.15, -0.1) is 4.89 Å². The van der Waals surface area contributed by atoms with Gasteiger partial charge < -0.3 is 10.2 Å². The number of carboxylic acids is 2. The minimum atomic E-state index is -3.39. The van der Waals surface area contributed by atoms with Crippen molar-refractivity contribution in [2.45, 2.75) is 19.8 Å². The van der Waals surface area contributed by atoms with Gasteiger partial charge in [-0.1, -0.05) is 13.3 Å². The van der Waals surface area contributed by atoms with Crippen molar-refractivity contribution in [1.29, 1.82) is 0 Å². The summed E-state index contributed by atoms with van der Waals surface area (Å²) in [5.41, 5.74) is -2.83. The fourth-order valence-electron chi connectivity index (χ4n) is 1.11. The van der Waals surface area contributed by atoms with Gasteiger partial charge in [-0.3, -0.25) is 9.59 Å². The number of rotatable bonds is 6. The summed E-state index contributed by atoms with van der Waals surface area (Å²) in [5, 5.41) is 17.5. The van der Waals surface area contributed by atoms with Crippen LogP contribution in [0.3, 0.4) is 0 Å². The van der Waals surface area contributed by atoms with Gasteiger partial charge in [-0.05, 0) is 6.42 Å². The molecular weight excluding hydrogens is 243 g/mol. The van der Waals surface area contributed by atoms with Crippen LogP contribution in [0.1, 0.15) is 19.8 Å². The van der Waals surface area contributed by atoms with Crippen LogP contribution >= 0.6 is 8.25 Å². The van der Waals surface area contributed by atoms with Gasteiger partial charge in [0.05, 0.1) is 0 Å². The lowest BCUT2D eigenvalue weighted by atomic mass is 9.83. The quantitative estimate of drug-likeness (QED) is 0.448. The Morgan fingerprint density at radius 2 is 1.69 bits per heavy atom. The summed E-state index contributed by atoms with van der Waals surface area (Å²) in [6.07, 6.45) is -0.449. The topological polar surface area (TPSA) is 138 Å². The molecule has 3 N–H and O–H groups in total. The maximum Gasteiger partial charge on any atom is 0.750 e. The van der Waals surface area contributed by atoms with Crippen LogP contribution in [0.5, 0.6) is 0 Å². The van der Waals surface area contributed by atoms with E-state index in [4.69, 9.17) is 15.1 Å². The highest BCUT2D eigenvalue weighted by atomic mass is 31.1. The molecule has 0 spiro atoms. The molecule has 1 atom stereocenters. The third-order valence-electron chi connectivity index (χ3n) is 1.86. The lowest BCUT2D eigenvalue weighted by molar-refractivity contribution is -0.174. The predicted octanol–water partition coefficient (Wildman–Crippen LogP) is 0.135. The van der Waals surface area contributed by atoms with Gasteiger partial charge in [0.2, 0.25) is 0 Å². The minimum Gasteiger partial charge on any atom is -0.480 e. The van der Waals surface area contributed by atoms with E-state index in [1.807, 2.05) is 0 Å². The first kappa shape index (κ1) is 14.5. The molecule has 9 heteroatoms. The predicted molar refractivity (Wildman–Crippen MR) is 48.5 cm³/mol. The van der Waals surface area contributed by atoms with Crippen LogP contribution in [-0.4, -0.2) is 33.0 Å². The molecule has 0 radical (unpaired) electrons. The normalized spacial score (nSPS) is 11.8. The standard InChI is InChI=1S/C7H9O8P/c1-2-3-7(4(8)9,5(10)11)6(12)15-16(13)14/h2-3H2,1H3,(H2-,8,9,10,11,13,14)/p+1. The monoisotopic (exact) mass is 253 g/mol. The fraction of sp³-hybridized carbons (Fsp3) is 0.571. The van der Waals surface area contributed by atoms with Crippen molar-refractivity contribution in [2.75, 3.05) is 0 Å². The van der Waals surface area contributed by atoms with E-state index in [-0.39, 0.29) is 6.42 Å². The van der Waals surface area contributed by atoms with Crippen molar-refractivity contribution in [3.8, 4) is 0 Å². The number of carbonyl (C=O) groups excluding carboxylic acids is 1. The molecule has 0 aliphatic carbocycles. The second-order valence-corrected chi connectivity index (χ2v) is 3.54. The van der Waals surface area contributed by atoms with E-state index in [2.05, 4.69) is 4.52 Å². The molecule has 0 heterocycles. The summed E-state index contributed by atoms with van der Waals surface area (Å²) in [6.45, 7) is 1.47. The van der Waals surface area contributed by atoms with Gasteiger partial charge in [-0.25, -0.2) is 4.79 Å². The lowest BCUT2D eigenvalue weighted by Gasteiger charge is -2.18. The smallest absolute Gasteiger partial charge is 0.480 e. The van der Waals surface area contributed by atoms with Gasteiger partial charge in [0.25, 0.3) is 5.41 Å². The van der Waals surface area contributed by atoms with E-state index in [0.29, 0.717) is 0 Å². The summed E-state index contributed by atoms with van der Waals surface area (Å²) >= 11 is 0. The van der Waals surface area contributed by atoms with Crippen LogP contribution in [0.25, 0.3) is 0 Å². The summed E-state index contributed by atoms with van der Waals surface area (Å²) in [4.78, 5) is 41.2. The Hall–Kier alpha value is -1.53.